The summed E-state index contributed by atoms with van der Waals surface area (Å²) in [4.78, 5) is 26.4. The summed E-state index contributed by atoms with van der Waals surface area (Å²) < 4.78 is 58.1. The number of nitrogens with one attached hydrogen (secondary N) is 4. The Morgan fingerprint density at radius 3 is 2.51 bits per heavy atom. The van der Waals surface area contributed by atoms with Gasteiger partial charge in [0.15, 0.2) is 0 Å². The van der Waals surface area contributed by atoms with E-state index in [0.29, 0.717) is 30.4 Å². The first kappa shape index (κ1) is 32.4. The molecule has 0 spiro atoms. The molecule has 2 aliphatic rings. The molecule has 1 saturated heterocycles. The van der Waals surface area contributed by atoms with E-state index in [2.05, 4.69) is 31.4 Å². The number of carbonyl (C=O) groups excluding carboxylic acids is 1. The van der Waals surface area contributed by atoms with Crippen LogP contribution in [0.3, 0.4) is 0 Å². The number of hydrogen-bond donors (Lipinski definition) is 6. The number of pyridine rings is 2. The maximum atomic E-state index is 14.8. The van der Waals surface area contributed by atoms with Crippen LogP contribution in [0.4, 0.5) is 28.0 Å². The summed E-state index contributed by atoms with van der Waals surface area (Å²) in [7, 11) is 0. The van der Waals surface area contributed by atoms with Crippen molar-refractivity contribution in [3.8, 4) is 22.8 Å². The first-order valence-electron chi connectivity index (χ1n) is 15.2. The van der Waals surface area contributed by atoms with E-state index in [-0.39, 0.29) is 39.9 Å². The number of fused-ring (bicyclic) bond motifs is 1. The smallest absolute Gasteiger partial charge is 0.424 e. The Morgan fingerprint density at radius 2 is 1.87 bits per heavy atom. The van der Waals surface area contributed by atoms with Gasteiger partial charge in [-0.25, -0.2) is 14.2 Å². The monoisotopic (exact) mass is 654 g/mol. The normalized spacial score (nSPS) is 18.9. The third-order valence-corrected chi connectivity index (χ3v) is 8.51. The number of amides is 2. The summed E-state index contributed by atoms with van der Waals surface area (Å²) in [6.07, 6.45) is -1.27. The molecule has 10 nitrogen and oxygen atoms in total. The number of halogens is 4. The minimum Gasteiger partial charge on any atom is -0.505 e. The molecule has 47 heavy (non-hydrogen) atoms. The first-order valence-corrected chi connectivity index (χ1v) is 15.2. The van der Waals surface area contributed by atoms with E-state index >= 15 is 0 Å². The molecular formula is C33H34F4N6O4. The lowest BCUT2D eigenvalue weighted by Crippen LogP contribution is -2.51. The van der Waals surface area contributed by atoms with Gasteiger partial charge in [0.05, 0.1) is 29.0 Å². The lowest BCUT2D eigenvalue weighted by atomic mass is 9.88. The van der Waals surface area contributed by atoms with E-state index in [0.717, 1.165) is 36.6 Å². The Bertz CT molecular complexity index is 1810. The van der Waals surface area contributed by atoms with Crippen LogP contribution in [0.25, 0.3) is 22.2 Å². The van der Waals surface area contributed by atoms with E-state index in [1.807, 2.05) is 13.8 Å². The van der Waals surface area contributed by atoms with Gasteiger partial charge in [0.25, 0.3) is 0 Å². The highest BCUT2D eigenvalue weighted by Gasteiger charge is 2.60. The van der Waals surface area contributed by atoms with Crippen LogP contribution >= 0.6 is 0 Å². The fraction of sp³-hybridized carbons (Fsp3) is 0.364. The zero-order chi connectivity index (χ0) is 33.6. The van der Waals surface area contributed by atoms with Gasteiger partial charge in [-0.3, -0.25) is 4.98 Å². The Labute approximate surface area is 267 Å². The second kappa shape index (κ2) is 12.2. The number of hydroxylamine groups is 1. The van der Waals surface area contributed by atoms with Crippen molar-refractivity contribution in [3.63, 3.8) is 0 Å². The summed E-state index contributed by atoms with van der Waals surface area (Å²) in [6.45, 7) is 3.38. The number of rotatable bonds is 11. The standard InChI is InChI=1S/C33H34F4N6O4/c1-3-10-38-30(45)42-25-13-23(12-20-11-18(2)15-39-27(20)25)47-41-17-32(46,33(35,36)37)26-14-24(31(16-40-31)21-6-7-21)29(44)28(43-26)19-4-8-22(34)9-5-19/h4-5,8-9,11-15,21,40-41,44,46H,3,6-7,10,16-17H2,1-2H3,(H2,38,42,45)/t31-,32+/m1/s1. The predicted octanol–water partition coefficient (Wildman–Crippen LogP) is 5.52. The number of anilines is 1. The molecule has 6 rings (SSSR count). The Balaban J connectivity index is 1.34. The van der Waals surface area contributed by atoms with Crippen molar-refractivity contribution in [1.82, 2.24) is 26.1 Å². The van der Waals surface area contributed by atoms with Gasteiger partial charge in [-0.1, -0.05) is 6.92 Å². The molecular weight excluding hydrogens is 620 g/mol. The molecule has 2 amide bonds. The number of carbonyl (C=O) groups is 1. The van der Waals surface area contributed by atoms with Gasteiger partial charge >= 0.3 is 12.2 Å². The third kappa shape index (κ3) is 6.40. The largest absolute Gasteiger partial charge is 0.505 e. The maximum Gasteiger partial charge on any atom is 0.424 e. The highest BCUT2D eigenvalue weighted by atomic mass is 19.4. The van der Waals surface area contributed by atoms with Crippen LogP contribution in [0.5, 0.6) is 11.5 Å². The molecule has 0 unspecified atom stereocenters. The molecule has 1 aliphatic heterocycles. The quantitative estimate of drug-likeness (QED) is 0.0703. The summed E-state index contributed by atoms with van der Waals surface area (Å²) in [6, 6.07) is 10.1. The molecule has 2 atom stereocenters. The van der Waals surface area contributed by atoms with Gasteiger partial charge in [0.2, 0.25) is 5.60 Å². The van der Waals surface area contributed by atoms with Crippen LogP contribution in [-0.2, 0) is 11.1 Å². The molecule has 1 saturated carbocycles. The van der Waals surface area contributed by atoms with E-state index in [1.165, 1.54) is 24.3 Å². The van der Waals surface area contributed by atoms with E-state index in [1.54, 1.807) is 12.3 Å². The highest BCUT2D eigenvalue weighted by molar-refractivity contribution is 6.00. The van der Waals surface area contributed by atoms with Gasteiger partial charge in [-0.2, -0.15) is 18.7 Å². The number of aliphatic hydroxyl groups is 1. The van der Waals surface area contributed by atoms with Gasteiger partial charge in [0.1, 0.15) is 23.0 Å². The van der Waals surface area contributed by atoms with E-state index in [9.17, 15) is 32.6 Å². The molecule has 1 aliphatic carbocycles. The molecule has 2 aromatic heterocycles. The molecule has 14 heteroatoms. The van der Waals surface area contributed by atoms with Gasteiger partial charge in [0, 0.05) is 41.9 Å². The van der Waals surface area contributed by atoms with Crippen LogP contribution in [0.15, 0.2) is 54.7 Å². The van der Waals surface area contributed by atoms with Crippen LogP contribution in [-0.4, -0.2) is 52.0 Å². The fourth-order valence-corrected chi connectivity index (χ4v) is 5.72. The number of aromatic hydroxyl groups is 1. The van der Waals surface area contributed by atoms with Crippen molar-refractivity contribution in [1.29, 1.82) is 0 Å². The number of aromatic nitrogens is 2. The van der Waals surface area contributed by atoms with Crippen molar-refractivity contribution in [2.45, 2.75) is 50.4 Å². The van der Waals surface area contributed by atoms with Crippen LogP contribution in [0.1, 0.15) is 43.0 Å². The maximum absolute atomic E-state index is 14.8. The van der Waals surface area contributed by atoms with E-state index < -0.39 is 41.4 Å². The number of benzene rings is 2. The van der Waals surface area contributed by atoms with Crippen LogP contribution in [0.2, 0.25) is 0 Å². The molecule has 0 bridgehead atoms. The molecule has 6 N–H and O–H groups in total. The lowest BCUT2D eigenvalue weighted by Gasteiger charge is -2.31. The van der Waals surface area contributed by atoms with Crippen LogP contribution in [0, 0.1) is 18.7 Å². The van der Waals surface area contributed by atoms with E-state index in [4.69, 9.17) is 4.84 Å². The number of hydrogen-bond acceptors (Lipinski definition) is 8. The Morgan fingerprint density at radius 1 is 1.15 bits per heavy atom. The SMILES string of the molecule is CCCNC(=O)Nc1cc(ONC[C@](O)(c2cc([C@]3(C4CC4)CN3)c(O)c(-c3ccc(F)cc3)n2)C(F)(F)F)cc2cc(C)cnc12. The summed E-state index contributed by atoms with van der Waals surface area (Å²) >= 11 is 0. The average Bonchev–Trinajstić information content (AvgIpc) is 3.94. The number of aryl methyl sites for hydroxylation is 1. The van der Waals surface area contributed by atoms with Crippen molar-refractivity contribution in [2.24, 2.45) is 5.92 Å². The second-order valence-corrected chi connectivity index (χ2v) is 12.1. The molecule has 3 heterocycles. The lowest BCUT2D eigenvalue weighted by molar-refractivity contribution is -0.269. The average molecular weight is 655 g/mol. The van der Waals surface area contributed by atoms with Crippen molar-refractivity contribution < 1.29 is 37.4 Å². The molecule has 0 radical (unpaired) electrons. The van der Waals surface area contributed by atoms with Gasteiger partial charge in [-0.05, 0) is 80.1 Å². The molecule has 4 aromatic rings. The Kier molecular flexibility index (Phi) is 8.45. The summed E-state index contributed by atoms with van der Waals surface area (Å²) in [5, 5.41) is 31.8. The molecule has 248 valence electrons. The summed E-state index contributed by atoms with van der Waals surface area (Å²) in [5.41, 5.74) is -1.22. The number of nitrogens with zero attached hydrogens (tertiary/aromatic N) is 2. The number of urea groups is 1. The van der Waals surface area contributed by atoms with Crippen LogP contribution < -0.4 is 26.3 Å². The third-order valence-electron chi connectivity index (χ3n) is 8.51. The predicted molar refractivity (Wildman–Crippen MR) is 166 cm³/mol. The second-order valence-electron chi connectivity index (χ2n) is 12.1. The Hall–Kier alpha value is -4.53. The fourth-order valence-electron chi connectivity index (χ4n) is 5.72. The van der Waals surface area contributed by atoms with Gasteiger partial charge in [-0.15, -0.1) is 0 Å². The zero-order valence-electron chi connectivity index (χ0n) is 25.6. The highest BCUT2D eigenvalue weighted by Crippen LogP contribution is 2.55. The van der Waals surface area contributed by atoms with Crippen molar-refractivity contribution in [3.05, 3.63) is 77.4 Å². The zero-order valence-corrected chi connectivity index (χ0v) is 25.6. The molecule has 2 fully saturated rings. The number of alkyl halides is 3. The van der Waals surface area contributed by atoms with Crippen molar-refractivity contribution in [2.75, 3.05) is 25.0 Å². The minimum atomic E-state index is -5.25. The van der Waals surface area contributed by atoms with Gasteiger partial charge < -0.3 is 31.0 Å². The first-order chi connectivity index (χ1) is 22.3. The molecule has 2 aromatic carbocycles. The van der Waals surface area contributed by atoms with Crippen molar-refractivity contribution >= 4 is 22.6 Å². The summed E-state index contributed by atoms with van der Waals surface area (Å²) in [5.74, 6) is -0.769. The minimum absolute atomic E-state index is 0.0430. The topological polar surface area (TPSA) is 151 Å².